The van der Waals surface area contributed by atoms with Gasteiger partial charge in [0.1, 0.15) is 11.3 Å². The first kappa shape index (κ1) is 20.7. The van der Waals surface area contributed by atoms with E-state index in [4.69, 9.17) is 25.5 Å². The van der Waals surface area contributed by atoms with Crippen LogP contribution in [0.1, 0.15) is 20.3 Å². The molecule has 3 rings (SSSR count). The summed E-state index contributed by atoms with van der Waals surface area (Å²) >= 11 is 6.03. The van der Waals surface area contributed by atoms with Gasteiger partial charge in [-0.05, 0) is 55.8 Å². The zero-order chi connectivity index (χ0) is 21.0. The monoisotopic (exact) mass is 415 g/mol. The molecule has 0 bridgehead atoms. The average Bonchev–Trinajstić information content (AvgIpc) is 2.73. The van der Waals surface area contributed by atoms with Gasteiger partial charge < -0.3 is 19.2 Å². The molecule has 1 N–H and O–H groups in total. The Morgan fingerprint density at radius 1 is 1.21 bits per heavy atom. The smallest absolute Gasteiger partial charge is 0.258 e. The van der Waals surface area contributed by atoms with Gasteiger partial charge in [-0.25, -0.2) is 0 Å². The lowest BCUT2D eigenvalue weighted by molar-refractivity contribution is -0.123. The van der Waals surface area contributed by atoms with Crippen LogP contribution in [0.25, 0.3) is 22.3 Å². The van der Waals surface area contributed by atoms with Crippen LogP contribution in [0.5, 0.6) is 11.5 Å². The highest BCUT2D eigenvalue weighted by Gasteiger charge is 2.19. The van der Waals surface area contributed by atoms with Crippen LogP contribution in [0.15, 0.2) is 51.7 Å². The van der Waals surface area contributed by atoms with Gasteiger partial charge in [0.15, 0.2) is 12.4 Å². The molecule has 0 unspecified atom stereocenters. The third-order valence-electron chi connectivity index (χ3n) is 4.53. The van der Waals surface area contributed by atoms with E-state index in [1.165, 1.54) is 6.07 Å². The highest BCUT2D eigenvalue weighted by molar-refractivity contribution is 6.31. The molecule has 0 fully saturated rings. The van der Waals surface area contributed by atoms with E-state index in [0.29, 0.717) is 21.9 Å². The molecule has 0 aliphatic rings. The summed E-state index contributed by atoms with van der Waals surface area (Å²) in [7, 11) is 1.57. The molecule has 1 aromatic heterocycles. The Labute approximate surface area is 173 Å². The molecule has 6 nitrogen and oxygen atoms in total. The van der Waals surface area contributed by atoms with Crippen molar-refractivity contribution in [2.24, 2.45) is 0 Å². The van der Waals surface area contributed by atoms with Gasteiger partial charge in [-0.2, -0.15) is 0 Å². The number of hydrogen-bond donors (Lipinski definition) is 1. The number of amides is 1. The van der Waals surface area contributed by atoms with Crippen molar-refractivity contribution in [1.29, 1.82) is 0 Å². The minimum Gasteiger partial charge on any atom is -0.497 e. The van der Waals surface area contributed by atoms with Crippen molar-refractivity contribution >= 4 is 28.5 Å². The fourth-order valence-corrected chi connectivity index (χ4v) is 2.94. The van der Waals surface area contributed by atoms with Gasteiger partial charge in [-0.3, -0.25) is 9.59 Å². The Hall–Kier alpha value is -2.99. The molecule has 0 radical (unpaired) electrons. The van der Waals surface area contributed by atoms with Crippen molar-refractivity contribution in [2.75, 3.05) is 13.7 Å². The Bertz CT molecular complexity index is 1070. The van der Waals surface area contributed by atoms with Crippen LogP contribution in [-0.2, 0) is 4.79 Å². The first-order valence-corrected chi connectivity index (χ1v) is 9.63. The Kier molecular flexibility index (Phi) is 6.44. The van der Waals surface area contributed by atoms with E-state index in [-0.39, 0.29) is 35.5 Å². The minimum atomic E-state index is -0.393. The third kappa shape index (κ3) is 4.71. The highest BCUT2D eigenvalue weighted by Crippen LogP contribution is 2.32. The largest absolute Gasteiger partial charge is 0.497 e. The maximum absolute atomic E-state index is 13.1. The van der Waals surface area contributed by atoms with Gasteiger partial charge in [0.2, 0.25) is 11.2 Å². The number of nitrogens with one attached hydrogen (secondary N) is 1. The lowest BCUT2D eigenvalue weighted by atomic mass is 10.1. The standard InChI is InChI=1S/C22H22ClNO5/c1-4-13(2)24-19(25)12-28-22-20(26)17-11-15(23)7-10-18(17)29-21(22)14-5-8-16(27-3)9-6-14/h5-11,13H,4,12H2,1-3H3,(H,24,25)/t13-/m1/s1. The summed E-state index contributed by atoms with van der Waals surface area (Å²) in [5.74, 6) is 0.553. The minimum absolute atomic E-state index is 0.0129. The topological polar surface area (TPSA) is 77.8 Å². The van der Waals surface area contributed by atoms with Crippen LogP contribution in [0.2, 0.25) is 5.02 Å². The summed E-state index contributed by atoms with van der Waals surface area (Å²) in [6, 6.07) is 11.8. The number of benzene rings is 2. The second-order valence-corrected chi connectivity index (χ2v) is 7.06. The first-order chi connectivity index (χ1) is 13.9. The van der Waals surface area contributed by atoms with Crippen molar-refractivity contribution in [3.63, 3.8) is 0 Å². The van der Waals surface area contributed by atoms with E-state index >= 15 is 0 Å². The quantitative estimate of drug-likeness (QED) is 0.618. The molecule has 3 aromatic rings. The number of carbonyl (C=O) groups is 1. The Balaban J connectivity index is 2.05. The predicted molar refractivity (Wildman–Crippen MR) is 113 cm³/mol. The first-order valence-electron chi connectivity index (χ1n) is 9.25. The van der Waals surface area contributed by atoms with Crippen LogP contribution in [0.4, 0.5) is 0 Å². The van der Waals surface area contributed by atoms with Crippen LogP contribution in [-0.4, -0.2) is 25.7 Å². The van der Waals surface area contributed by atoms with Crippen LogP contribution in [0, 0.1) is 0 Å². The van der Waals surface area contributed by atoms with Crippen molar-refractivity contribution in [2.45, 2.75) is 26.3 Å². The summed E-state index contributed by atoms with van der Waals surface area (Å²) in [4.78, 5) is 25.2. The van der Waals surface area contributed by atoms with E-state index in [2.05, 4.69) is 5.32 Å². The van der Waals surface area contributed by atoms with Gasteiger partial charge in [0.05, 0.1) is 12.5 Å². The summed E-state index contributed by atoms with van der Waals surface area (Å²) in [5.41, 5.74) is 0.606. The van der Waals surface area contributed by atoms with Crippen LogP contribution < -0.4 is 20.2 Å². The predicted octanol–water partition coefficient (Wildman–Crippen LogP) is 4.42. The van der Waals surface area contributed by atoms with Crippen molar-refractivity contribution < 1.29 is 18.7 Å². The molecule has 0 aliphatic carbocycles. The molecule has 29 heavy (non-hydrogen) atoms. The molecule has 152 valence electrons. The molecule has 1 amide bonds. The normalized spacial score (nSPS) is 11.9. The molecule has 1 heterocycles. The fraction of sp³-hybridized carbons (Fsp3) is 0.273. The molecule has 0 saturated heterocycles. The number of halogens is 1. The number of ether oxygens (including phenoxy) is 2. The summed E-state index contributed by atoms with van der Waals surface area (Å²) in [5, 5.41) is 3.50. The van der Waals surface area contributed by atoms with Crippen molar-refractivity contribution in [3.05, 3.63) is 57.7 Å². The molecule has 1 atom stereocenters. The molecular formula is C22H22ClNO5. The SMILES string of the molecule is CC[C@@H](C)NC(=O)COc1c(-c2ccc(OC)cc2)oc2ccc(Cl)cc2c1=O. The Morgan fingerprint density at radius 3 is 2.59 bits per heavy atom. The van der Waals surface area contributed by atoms with Gasteiger partial charge in [-0.1, -0.05) is 18.5 Å². The number of fused-ring (bicyclic) bond motifs is 1. The summed E-state index contributed by atoms with van der Waals surface area (Å²) in [6.45, 7) is 3.56. The van der Waals surface area contributed by atoms with E-state index in [1.807, 2.05) is 13.8 Å². The fourth-order valence-electron chi connectivity index (χ4n) is 2.77. The maximum atomic E-state index is 13.1. The number of rotatable bonds is 7. The zero-order valence-electron chi connectivity index (χ0n) is 16.5. The molecule has 0 aliphatic heterocycles. The van der Waals surface area contributed by atoms with Gasteiger partial charge in [0.25, 0.3) is 5.91 Å². The molecule has 7 heteroatoms. The number of carbonyl (C=O) groups excluding carboxylic acids is 1. The van der Waals surface area contributed by atoms with E-state index in [9.17, 15) is 9.59 Å². The zero-order valence-corrected chi connectivity index (χ0v) is 17.2. The van der Waals surface area contributed by atoms with Gasteiger partial charge >= 0.3 is 0 Å². The molecule has 2 aromatic carbocycles. The lowest BCUT2D eigenvalue weighted by Crippen LogP contribution is -2.36. The molecule has 0 saturated carbocycles. The van der Waals surface area contributed by atoms with Gasteiger partial charge in [-0.15, -0.1) is 0 Å². The number of hydrogen-bond acceptors (Lipinski definition) is 5. The second kappa shape index (κ2) is 9.01. The third-order valence-corrected chi connectivity index (χ3v) is 4.77. The van der Waals surface area contributed by atoms with Crippen LogP contribution >= 0.6 is 11.6 Å². The van der Waals surface area contributed by atoms with Gasteiger partial charge in [0, 0.05) is 16.6 Å². The number of methoxy groups -OCH3 is 1. The lowest BCUT2D eigenvalue weighted by Gasteiger charge is -2.14. The average molecular weight is 416 g/mol. The van der Waals surface area contributed by atoms with Crippen molar-refractivity contribution in [3.8, 4) is 22.8 Å². The maximum Gasteiger partial charge on any atom is 0.258 e. The Morgan fingerprint density at radius 2 is 1.93 bits per heavy atom. The summed E-state index contributed by atoms with van der Waals surface area (Å²) in [6.07, 6.45) is 0.791. The highest BCUT2D eigenvalue weighted by atomic mass is 35.5. The molecular weight excluding hydrogens is 394 g/mol. The van der Waals surface area contributed by atoms with Crippen molar-refractivity contribution in [1.82, 2.24) is 5.32 Å². The van der Waals surface area contributed by atoms with E-state index < -0.39 is 5.43 Å². The molecule has 0 spiro atoms. The van der Waals surface area contributed by atoms with E-state index in [0.717, 1.165) is 6.42 Å². The van der Waals surface area contributed by atoms with E-state index in [1.54, 1.807) is 43.5 Å². The summed E-state index contributed by atoms with van der Waals surface area (Å²) < 4.78 is 16.8. The van der Waals surface area contributed by atoms with Crippen LogP contribution in [0.3, 0.4) is 0 Å². The second-order valence-electron chi connectivity index (χ2n) is 6.62.